The number of halogens is 2. The zero-order chi connectivity index (χ0) is 25.3. The van der Waals surface area contributed by atoms with Crippen molar-refractivity contribution in [3.8, 4) is 5.75 Å². The third-order valence-electron chi connectivity index (χ3n) is 5.85. The lowest BCUT2D eigenvalue weighted by Gasteiger charge is -2.17. The number of ether oxygens (including phenoxy) is 1. The van der Waals surface area contributed by atoms with E-state index in [2.05, 4.69) is 60.3 Å². The summed E-state index contributed by atoms with van der Waals surface area (Å²) >= 11 is 9.53. The van der Waals surface area contributed by atoms with E-state index in [1.807, 2.05) is 37.2 Å². The Kier molecular flexibility index (Phi) is 9.94. The lowest BCUT2D eigenvalue weighted by molar-refractivity contribution is 0.0528. The van der Waals surface area contributed by atoms with Crippen LogP contribution < -0.4 is 0 Å². The van der Waals surface area contributed by atoms with Crippen molar-refractivity contribution < 1.29 is 14.6 Å². The van der Waals surface area contributed by atoms with Gasteiger partial charge >= 0.3 is 5.97 Å². The van der Waals surface area contributed by atoms with Crippen LogP contribution in [0, 0.1) is 0 Å². The quantitative estimate of drug-likeness (QED) is 0.173. The predicted molar refractivity (Wildman–Crippen MR) is 154 cm³/mol. The molecule has 0 aliphatic rings. The fourth-order valence-electron chi connectivity index (χ4n) is 4.29. The molecule has 0 amide bonds. The van der Waals surface area contributed by atoms with Crippen LogP contribution >= 0.6 is 40.6 Å². The van der Waals surface area contributed by atoms with E-state index in [1.54, 1.807) is 6.92 Å². The monoisotopic (exact) mass is 580 g/mol. The van der Waals surface area contributed by atoms with Crippen LogP contribution in [0.4, 0.5) is 0 Å². The second-order valence-electron chi connectivity index (χ2n) is 9.33. The van der Waals surface area contributed by atoms with Gasteiger partial charge < -0.3 is 19.3 Å². The van der Waals surface area contributed by atoms with Crippen molar-refractivity contribution in [1.82, 2.24) is 9.47 Å². The maximum Gasteiger partial charge on any atom is 0.341 e. The predicted octanol–water partition coefficient (Wildman–Crippen LogP) is 7.24. The largest absolute Gasteiger partial charge is 0.506 e. The number of benzene rings is 2. The summed E-state index contributed by atoms with van der Waals surface area (Å²) < 4.78 is 8.18. The number of thiocarbonyl (C=S) groups is 1. The normalized spacial score (nSPS) is 11.4. The Morgan fingerprint density at radius 3 is 2.26 bits per heavy atom. The van der Waals surface area contributed by atoms with Crippen LogP contribution in [0.1, 0.15) is 79.3 Å². The van der Waals surface area contributed by atoms with E-state index in [0.29, 0.717) is 44.0 Å². The second-order valence-corrected chi connectivity index (χ2v) is 10.6. The molecular weight excluding hydrogens is 548 g/mol. The first-order valence-electron chi connectivity index (χ1n) is 11.5. The van der Waals surface area contributed by atoms with Gasteiger partial charge in [-0.3, -0.25) is 0 Å². The standard InChI is InChI=1S/C27H33BrN2O3S.ClH/c1-8-33-27(32)23-22-19(14-29(6)7)25(31)20(28)13-21(22)30(16(4)5)24(23)26(34)18-11-9-17(10-12-18)15(2)3;/h9-13,15-16,31H,8,14H2,1-7H3;1H. The summed E-state index contributed by atoms with van der Waals surface area (Å²) in [7, 11) is 3.86. The minimum Gasteiger partial charge on any atom is -0.506 e. The van der Waals surface area contributed by atoms with Gasteiger partial charge in [-0.05, 0) is 73.9 Å². The second kappa shape index (κ2) is 11.9. The molecule has 0 saturated carbocycles. The van der Waals surface area contributed by atoms with Crippen molar-refractivity contribution in [3.63, 3.8) is 0 Å². The first-order chi connectivity index (χ1) is 16.0. The lowest BCUT2D eigenvalue weighted by atomic mass is 9.98. The maximum atomic E-state index is 13.4. The number of aromatic nitrogens is 1. The van der Waals surface area contributed by atoms with Crippen molar-refractivity contribution in [2.45, 2.75) is 53.1 Å². The molecule has 3 rings (SSSR count). The topological polar surface area (TPSA) is 54.7 Å². The molecule has 2 aromatic carbocycles. The minimum atomic E-state index is -0.440. The molecule has 190 valence electrons. The first-order valence-corrected chi connectivity index (χ1v) is 12.7. The molecule has 1 N–H and O–H groups in total. The number of nitrogens with zero attached hydrogens (tertiary/aromatic N) is 2. The van der Waals surface area contributed by atoms with Gasteiger partial charge in [-0.2, -0.15) is 0 Å². The summed E-state index contributed by atoms with van der Waals surface area (Å²) in [6.07, 6.45) is 0. The number of hydrogen-bond acceptors (Lipinski definition) is 5. The molecule has 0 saturated heterocycles. The van der Waals surface area contributed by atoms with E-state index in [4.69, 9.17) is 17.0 Å². The molecule has 5 nitrogen and oxygen atoms in total. The number of aromatic hydroxyl groups is 1. The molecule has 0 unspecified atom stereocenters. The maximum absolute atomic E-state index is 13.4. The molecule has 0 fully saturated rings. The number of phenols is 1. The van der Waals surface area contributed by atoms with Crippen LogP contribution in [0.3, 0.4) is 0 Å². The van der Waals surface area contributed by atoms with Gasteiger partial charge in [0.1, 0.15) is 5.75 Å². The van der Waals surface area contributed by atoms with Crippen LogP contribution in [0.5, 0.6) is 5.75 Å². The first kappa shape index (κ1) is 29.3. The van der Waals surface area contributed by atoms with Crippen molar-refractivity contribution in [2.24, 2.45) is 0 Å². The highest BCUT2D eigenvalue weighted by Gasteiger charge is 2.31. The van der Waals surface area contributed by atoms with Gasteiger partial charge in [-0.15, -0.1) is 12.4 Å². The molecule has 0 aliphatic heterocycles. The Labute approximate surface area is 228 Å². The molecule has 0 radical (unpaired) electrons. The van der Waals surface area contributed by atoms with Gasteiger partial charge in [-0.25, -0.2) is 4.79 Å². The number of hydrogen-bond donors (Lipinski definition) is 1. The average molecular weight is 582 g/mol. The van der Waals surface area contributed by atoms with Crippen molar-refractivity contribution in [3.05, 3.63) is 62.8 Å². The highest BCUT2D eigenvalue weighted by Crippen LogP contribution is 2.42. The van der Waals surface area contributed by atoms with Gasteiger partial charge in [0.15, 0.2) is 0 Å². The van der Waals surface area contributed by atoms with Gasteiger partial charge in [0.2, 0.25) is 0 Å². The van der Waals surface area contributed by atoms with Gasteiger partial charge in [0.25, 0.3) is 0 Å². The minimum absolute atomic E-state index is 0. The summed E-state index contributed by atoms with van der Waals surface area (Å²) in [5.41, 5.74) is 4.64. The Hall–Kier alpha value is -1.93. The third-order valence-corrected chi connectivity index (χ3v) is 6.88. The Morgan fingerprint density at radius 2 is 1.77 bits per heavy atom. The molecule has 0 aliphatic carbocycles. The molecule has 3 aromatic rings. The molecule has 1 heterocycles. The molecule has 0 bridgehead atoms. The van der Waals surface area contributed by atoms with E-state index in [9.17, 15) is 9.90 Å². The summed E-state index contributed by atoms with van der Waals surface area (Å²) in [6.45, 7) is 10.9. The third kappa shape index (κ3) is 5.74. The van der Waals surface area contributed by atoms with Crippen molar-refractivity contribution >= 4 is 62.3 Å². The average Bonchev–Trinajstić information content (AvgIpc) is 3.11. The zero-order valence-electron chi connectivity index (χ0n) is 21.3. The summed E-state index contributed by atoms with van der Waals surface area (Å²) in [6, 6.07) is 10.1. The van der Waals surface area contributed by atoms with Gasteiger partial charge in [0, 0.05) is 23.5 Å². The highest BCUT2D eigenvalue weighted by molar-refractivity contribution is 9.10. The van der Waals surface area contributed by atoms with E-state index in [0.717, 1.165) is 11.1 Å². The molecule has 35 heavy (non-hydrogen) atoms. The van der Waals surface area contributed by atoms with Crippen LogP contribution in [0.2, 0.25) is 0 Å². The molecule has 8 heteroatoms. The van der Waals surface area contributed by atoms with Crippen LogP contribution in [-0.2, 0) is 11.3 Å². The van der Waals surface area contributed by atoms with Crippen molar-refractivity contribution in [2.75, 3.05) is 20.7 Å². The summed E-state index contributed by atoms with van der Waals surface area (Å²) in [5.74, 6) is 0.0879. The number of esters is 1. The zero-order valence-corrected chi connectivity index (χ0v) is 24.5. The Bertz CT molecular complexity index is 1230. The smallest absolute Gasteiger partial charge is 0.341 e. The lowest BCUT2D eigenvalue weighted by Crippen LogP contribution is -2.17. The number of carbonyl (C=O) groups excluding carboxylic acids is 1. The van der Waals surface area contributed by atoms with E-state index < -0.39 is 5.97 Å². The fourth-order valence-corrected chi connectivity index (χ4v) is 5.09. The number of rotatable bonds is 8. The van der Waals surface area contributed by atoms with E-state index in [-0.39, 0.29) is 30.8 Å². The Morgan fingerprint density at radius 1 is 1.17 bits per heavy atom. The number of phenolic OH excluding ortho intramolecular Hbond substituents is 1. The molecule has 1 aromatic heterocycles. The Balaban J connectivity index is 0.00000432. The summed E-state index contributed by atoms with van der Waals surface area (Å²) in [4.78, 5) is 16.0. The van der Waals surface area contributed by atoms with E-state index >= 15 is 0 Å². The SMILES string of the molecule is CCOC(=O)c1c(C(=S)c2ccc(C(C)C)cc2)n(C(C)C)c2cc(Br)c(O)c(CN(C)C)c12.Cl. The van der Waals surface area contributed by atoms with Gasteiger partial charge in [-0.1, -0.05) is 50.3 Å². The van der Waals surface area contributed by atoms with Crippen LogP contribution in [0.25, 0.3) is 10.9 Å². The van der Waals surface area contributed by atoms with Crippen molar-refractivity contribution in [1.29, 1.82) is 0 Å². The number of carbonyl (C=O) groups is 1. The molecule has 0 spiro atoms. The van der Waals surface area contributed by atoms with E-state index in [1.165, 1.54) is 5.56 Å². The summed E-state index contributed by atoms with van der Waals surface area (Å²) in [5, 5.41) is 11.7. The fraction of sp³-hybridized carbons (Fsp3) is 0.407. The van der Waals surface area contributed by atoms with Gasteiger partial charge in [0.05, 0.1) is 32.7 Å². The van der Waals surface area contributed by atoms with Crippen LogP contribution in [-0.4, -0.2) is 46.1 Å². The number of fused-ring (bicyclic) bond motifs is 1. The molecular formula is C27H34BrClN2O3S. The highest BCUT2D eigenvalue weighted by atomic mass is 79.9. The van der Waals surface area contributed by atoms with Crippen LogP contribution in [0.15, 0.2) is 34.8 Å². The molecule has 0 atom stereocenters.